The SMILES string of the molecule is CC1(C)CN(Cc2nc(Cl)ccc2Cl)CC(C)(C)O1. The minimum Gasteiger partial charge on any atom is -0.367 e. The van der Waals surface area contributed by atoms with E-state index in [-0.39, 0.29) is 11.2 Å². The molecule has 1 aromatic rings. The maximum atomic E-state index is 6.18. The summed E-state index contributed by atoms with van der Waals surface area (Å²) >= 11 is 12.1. The normalized spacial score (nSPS) is 22.4. The Hall–Kier alpha value is -0.350. The number of ether oxygens (including phenoxy) is 1. The minimum absolute atomic E-state index is 0.174. The molecular weight excluding hydrogens is 283 g/mol. The topological polar surface area (TPSA) is 25.4 Å². The van der Waals surface area contributed by atoms with E-state index < -0.39 is 0 Å². The highest BCUT2D eigenvalue weighted by Gasteiger charge is 2.38. The summed E-state index contributed by atoms with van der Waals surface area (Å²) in [6.07, 6.45) is 0. The Morgan fingerprint density at radius 2 is 1.74 bits per heavy atom. The van der Waals surface area contributed by atoms with Crippen molar-refractivity contribution in [1.82, 2.24) is 9.88 Å². The van der Waals surface area contributed by atoms with Crippen LogP contribution in [0.4, 0.5) is 0 Å². The lowest BCUT2D eigenvalue weighted by Crippen LogP contribution is -2.56. The molecule has 0 spiro atoms. The highest BCUT2D eigenvalue weighted by atomic mass is 35.5. The standard InChI is InChI=1S/C14H20Cl2N2O/c1-13(2)8-18(9-14(3,4)19-13)7-11-10(15)5-6-12(16)17-11/h5-6H,7-9H2,1-4H3. The van der Waals surface area contributed by atoms with Crippen LogP contribution < -0.4 is 0 Å². The Kier molecular flexibility index (Phi) is 4.12. The van der Waals surface area contributed by atoms with Crippen LogP contribution in [0.25, 0.3) is 0 Å². The van der Waals surface area contributed by atoms with Crippen molar-refractivity contribution >= 4 is 23.2 Å². The molecule has 1 aliphatic rings. The first-order chi connectivity index (χ1) is 8.67. The molecule has 0 saturated carbocycles. The molecule has 1 aliphatic heterocycles. The van der Waals surface area contributed by atoms with Gasteiger partial charge in [0.1, 0.15) is 5.15 Å². The van der Waals surface area contributed by atoms with Gasteiger partial charge < -0.3 is 4.74 Å². The molecule has 0 amide bonds. The molecule has 3 nitrogen and oxygen atoms in total. The van der Waals surface area contributed by atoms with Gasteiger partial charge in [-0.1, -0.05) is 23.2 Å². The van der Waals surface area contributed by atoms with Crippen LogP contribution in [0.2, 0.25) is 10.2 Å². The molecule has 106 valence electrons. The molecule has 19 heavy (non-hydrogen) atoms. The third-order valence-corrected chi connectivity index (χ3v) is 3.57. The molecule has 1 fully saturated rings. The second-order valence-electron chi connectivity index (χ2n) is 6.33. The summed E-state index contributed by atoms with van der Waals surface area (Å²) in [7, 11) is 0. The molecule has 1 saturated heterocycles. The van der Waals surface area contributed by atoms with E-state index >= 15 is 0 Å². The summed E-state index contributed by atoms with van der Waals surface area (Å²) in [5, 5.41) is 1.14. The number of aromatic nitrogens is 1. The maximum Gasteiger partial charge on any atom is 0.129 e. The van der Waals surface area contributed by atoms with Crippen molar-refractivity contribution < 1.29 is 4.74 Å². The number of pyridine rings is 1. The molecule has 0 radical (unpaired) electrons. The van der Waals surface area contributed by atoms with Crippen molar-refractivity contribution in [3.63, 3.8) is 0 Å². The van der Waals surface area contributed by atoms with Crippen molar-refractivity contribution in [1.29, 1.82) is 0 Å². The Morgan fingerprint density at radius 1 is 1.16 bits per heavy atom. The van der Waals surface area contributed by atoms with Gasteiger partial charge in [0.15, 0.2) is 0 Å². The van der Waals surface area contributed by atoms with E-state index in [1.807, 2.05) is 0 Å². The lowest BCUT2D eigenvalue weighted by Gasteiger charge is -2.47. The van der Waals surface area contributed by atoms with Crippen molar-refractivity contribution in [3.8, 4) is 0 Å². The maximum absolute atomic E-state index is 6.18. The van der Waals surface area contributed by atoms with E-state index in [0.717, 1.165) is 18.8 Å². The average molecular weight is 303 g/mol. The zero-order valence-corrected chi connectivity index (χ0v) is 13.3. The summed E-state index contributed by atoms with van der Waals surface area (Å²) < 4.78 is 6.06. The molecule has 1 aromatic heterocycles. The van der Waals surface area contributed by atoms with Crippen LogP contribution in [0.1, 0.15) is 33.4 Å². The van der Waals surface area contributed by atoms with Gasteiger partial charge in [0, 0.05) is 19.6 Å². The molecular formula is C14H20Cl2N2O. The number of hydrogen-bond acceptors (Lipinski definition) is 3. The van der Waals surface area contributed by atoms with Gasteiger partial charge in [0.2, 0.25) is 0 Å². The van der Waals surface area contributed by atoms with Gasteiger partial charge in [0.05, 0.1) is 21.9 Å². The number of morpholine rings is 1. The van der Waals surface area contributed by atoms with Crippen LogP contribution in [0.15, 0.2) is 12.1 Å². The molecule has 0 N–H and O–H groups in total. The van der Waals surface area contributed by atoms with Gasteiger partial charge in [0.25, 0.3) is 0 Å². The first kappa shape index (κ1) is 15.0. The van der Waals surface area contributed by atoms with E-state index in [1.165, 1.54) is 0 Å². The fourth-order valence-electron chi connectivity index (χ4n) is 2.84. The van der Waals surface area contributed by atoms with Gasteiger partial charge in [-0.15, -0.1) is 0 Å². The molecule has 0 unspecified atom stereocenters. The number of nitrogens with zero attached hydrogens (tertiary/aromatic N) is 2. The highest BCUT2D eigenvalue weighted by Crippen LogP contribution is 2.29. The number of halogens is 2. The van der Waals surface area contributed by atoms with Crippen LogP contribution in [0.3, 0.4) is 0 Å². The fourth-order valence-corrected chi connectivity index (χ4v) is 3.17. The van der Waals surface area contributed by atoms with Crippen molar-refractivity contribution in [3.05, 3.63) is 28.0 Å². The quantitative estimate of drug-likeness (QED) is 0.778. The Labute approximate surface area is 124 Å². The van der Waals surface area contributed by atoms with E-state index in [1.54, 1.807) is 12.1 Å². The van der Waals surface area contributed by atoms with E-state index in [2.05, 4.69) is 37.6 Å². The molecule has 0 aromatic carbocycles. The third kappa shape index (κ3) is 4.06. The van der Waals surface area contributed by atoms with Gasteiger partial charge >= 0.3 is 0 Å². The van der Waals surface area contributed by atoms with Crippen LogP contribution >= 0.6 is 23.2 Å². The van der Waals surface area contributed by atoms with Crippen LogP contribution in [-0.4, -0.2) is 34.2 Å². The van der Waals surface area contributed by atoms with Crippen LogP contribution in [0, 0.1) is 0 Å². The molecule has 2 rings (SSSR count). The predicted molar refractivity (Wildman–Crippen MR) is 78.8 cm³/mol. The fraction of sp³-hybridized carbons (Fsp3) is 0.643. The zero-order valence-electron chi connectivity index (χ0n) is 11.8. The first-order valence-corrected chi connectivity index (χ1v) is 7.16. The van der Waals surface area contributed by atoms with Gasteiger partial charge in [-0.25, -0.2) is 4.98 Å². The number of hydrogen-bond donors (Lipinski definition) is 0. The monoisotopic (exact) mass is 302 g/mol. The van der Waals surface area contributed by atoms with Gasteiger partial charge in [-0.3, -0.25) is 4.90 Å². The summed E-state index contributed by atoms with van der Waals surface area (Å²) in [5.74, 6) is 0. The molecule has 2 heterocycles. The van der Waals surface area contributed by atoms with E-state index in [9.17, 15) is 0 Å². The van der Waals surface area contributed by atoms with Crippen molar-refractivity contribution in [2.75, 3.05) is 13.1 Å². The first-order valence-electron chi connectivity index (χ1n) is 6.40. The van der Waals surface area contributed by atoms with Gasteiger partial charge in [-0.2, -0.15) is 0 Å². The van der Waals surface area contributed by atoms with E-state index in [4.69, 9.17) is 27.9 Å². The minimum atomic E-state index is -0.174. The average Bonchev–Trinajstić information content (AvgIpc) is 2.18. The smallest absolute Gasteiger partial charge is 0.129 e. The lowest BCUT2D eigenvalue weighted by atomic mass is 9.99. The summed E-state index contributed by atoms with van der Waals surface area (Å²) in [4.78, 5) is 6.63. The Morgan fingerprint density at radius 3 is 2.32 bits per heavy atom. The number of rotatable bonds is 2. The summed E-state index contributed by atoms with van der Waals surface area (Å²) in [6.45, 7) is 10.8. The van der Waals surface area contributed by atoms with Crippen LogP contribution in [-0.2, 0) is 11.3 Å². The third-order valence-electron chi connectivity index (χ3n) is 3.02. The lowest BCUT2D eigenvalue weighted by molar-refractivity contribution is -0.182. The second kappa shape index (κ2) is 5.21. The van der Waals surface area contributed by atoms with E-state index in [0.29, 0.717) is 16.7 Å². The predicted octanol–water partition coefficient (Wildman–Crippen LogP) is 3.78. The Bertz CT molecular complexity index is 459. The molecule has 0 atom stereocenters. The molecule has 5 heteroatoms. The highest BCUT2D eigenvalue weighted by molar-refractivity contribution is 6.32. The summed E-state index contributed by atoms with van der Waals surface area (Å²) in [5.41, 5.74) is 0.474. The zero-order chi connectivity index (χ0) is 14.3. The van der Waals surface area contributed by atoms with Crippen molar-refractivity contribution in [2.45, 2.75) is 45.4 Å². The summed E-state index contributed by atoms with van der Waals surface area (Å²) in [6, 6.07) is 3.50. The second-order valence-corrected chi connectivity index (χ2v) is 7.12. The Balaban J connectivity index is 2.16. The van der Waals surface area contributed by atoms with Crippen molar-refractivity contribution in [2.24, 2.45) is 0 Å². The molecule has 0 aliphatic carbocycles. The van der Waals surface area contributed by atoms with Crippen LogP contribution in [0.5, 0.6) is 0 Å². The largest absolute Gasteiger partial charge is 0.367 e. The van der Waals surface area contributed by atoms with Gasteiger partial charge in [-0.05, 0) is 39.8 Å². The molecule has 0 bridgehead atoms.